The number of hydrogen-bond donors (Lipinski definition) is 3. The molecule has 3 N–H and O–H groups in total. The van der Waals surface area contributed by atoms with Crippen LogP contribution >= 0.6 is 11.6 Å². The maximum Gasteiger partial charge on any atom is 0.270 e. The van der Waals surface area contributed by atoms with Gasteiger partial charge in [0.05, 0.1) is 33.8 Å². The SMILES string of the molecule is CC(O)CNCC(=O)Nc1ccc([N+](=O)[O-])cc1C(=O)c1ccccc1Cl. The summed E-state index contributed by atoms with van der Waals surface area (Å²) < 4.78 is 0. The molecule has 27 heavy (non-hydrogen) atoms. The van der Waals surface area contributed by atoms with E-state index in [1.54, 1.807) is 19.1 Å². The summed E-state index contributed by atoms with van der Waals surface area (Å²) in [6.45, 7) is 1.70. The summed E-state index contributed by atoms with van der Waals surface area (Å²) in [4.78, 5) is 35.3. The maximum absolute atomic E-state index is 12.8. The van der Waals surface area contributed by atoms with Crippen LogP contribution in [0.15, 0.2) is 42.5 Å². The van der Waals surface area contributed by atoms with Crippen molar-refractivity contribution in [2.75, 3.05) is 18.4 Å². The second-order valence-corrected chi connectivity index (χ2v) is 6.23. The van der Waals surface area contributed by atoms with Crippen LogP contribution in [0.25, 0.3) is 0 Å². The molecule has 0 spiro atoms. The number of anilines is 1. The lowest BCUT2D eigenvalue weighted by Crippen LogP contribution is -2.33. The summed E-state index contributed by atoms with van der Waals surface area (Å²) in [6, 6.07) is 9.91. The van der Waals surface area contributed by atoms with E-state index < -0.39 is 22.7 Å². The van der Waals surface area contributed by atoms with Gasteiger partial charge in [0.2, 0.25) is 5.91 Å². The predicted octanol–water partition coefficient (Wildman–Crippen LogP) is 2.39. The highest BCUT2D eigenvalue weighted by Gasteiger charge is 2.21. The van der Waals surface area contributed by atoms with Gasteiger partial charge in [-0.05, 0) is 25.1 Å². The number of halogens is 1. The number of hydrogen-bond acceptors (Lipinski definition) is 6. The lowest BCUT2D eigenvalue weighted by molar-refractivity contribution is -0.384. The van der Waals surface area contributed by atoms with Crippen molar-refractivity contribution in [1.29, 1.82) is 0 Å². The molecule has 0 aliphatic heterocycles. The zero-order chi connectivity index (χ0) is 20.0. The average Bonchev–Trinajstić information content (AvgIpc) is 2.61. The zero-order valence-electron chi connectivity index (χ0n) is 14.4. The lowest BCUT2D eigenvalue weighted by Gasteiger charge is -2.12. The molecular weight excluding hydrogens is 374 g/mol. The Kier molecular flexibility index (Phi) is 7.00. The average molecular weight is 392 g/mol. The molecule has 0 radical (unpaired) electrons. The molecule has 1 unspecified atom stereocenters. The highest BCUT2D eigenvalue weighted by Crippen LogP contribution is 2.27. The highest BCUT2D eigenvalue weighted by molar-refractivity contribution is 6.35. The van der Waals surface area contributed by atoms with E-state index >= 15 is 0 Å². The minimum Gasteiger partial charge on any atom is -0.392 e. The molecule has 2 rings (SSSR count). The Labute approximate surface area is 160 Å². The molecule has 0 heterocycles. The molecule has 0 saturated carbocycles. The molecule has 0 saturated heterocycles. The standard InChI is InChI=1S/C18H18ClN3O5/c1-11(23)9-20-10-17(24)21-16-7-6-12(22(26)27)8-14(16)18(25)13-4-2-3-5-15(13)19/h2-8,11,20,23H,9-10H2,1H3,(H,21,24). The number of nitro benzene ring substituents is 1. The first-order valence-electron chi connectivity index (χ1n) is 8.06. The number of non-ortho nitro benzene ring substituents is 1. The van der Waals surface area contributed by atoms with E-state index in [1.807, 2.05) is 0 Å². The van der Waals surface area contributed by atoms with E-state index in [9.17, 15) is 24.8 Å². The van der Waals surface area contributed by atoms with Crippen molar-refractivity contribution < 1.29 is 19.6 Å². The van der Waals surface area contributed by atoms with Gasteiger partial charge in [-0.15, -0.1) is 0 Å². The van der Waals surface area contributed by atoms with Crippen LogP contribution < -0.4 is 10.6 Å². The van der Waals surface area contributed by atoms with E-state index in [1.165, 1.54) is 24.3 Å². The van der Waals surface area contributed by atoms with Crippen molar-refractivity contribution in [1.82, 2.24) is 5.32 Å². The molecule has 0 fully saturated rings. The summed E-state index contributed by atoms with van der Waals surface area (Å²) in [5.41, 5.74) is -0.0198. The predicted molar refractivity (Wildman–Crippen MR) is 101 cm³/mol. The van der Waals surface area contributed by atoms with Crippen molar-refractivity contribution in [3.05, 3.63) is 68.7 Å². The molecule has 142 valence electrons. The third-order valence-electron chi connectivity index (χ3n) is 3.58. The number of carbonyl (C=O) groups is 2. The van der Waals surface area contributed by atoms with Gasteiger partial charge in [-0.3, -0.25) is 19.7 Å². The van der Waals surface area contributed by atoms with Gasteiger partial charge in [-0.1, -0.05) is 23.7 Å². The molecule has 9 heteroatoms. The molecule has 0 aromatic heterocycles. The van der Waals surface area contributed by atoms with Crippen molar-refractivity contribution >= 4 is 34.7 Å². The van der Waals surface area contributed by atoms with E-state index in [0.717, 1.165) is 6.07 Å². The lowest BCUT2D eigenvalue weighted by atomic mass is 10.0. The first kappa shape index (κ1) is 20.5. The molecule has 1 amide bonds. The van der Waals surface area contributed by atoms with Crippen molar-refractivity contribution in [3.63, 3.8) is 0 Å². The van der Waals surface area contributed by atoms with Gasteiger partial charge < -0.3 is 15.7 Å². The number of nitrogens with zero attached hydrogens (tertiary/aromatic N) is 1. The van der Waals surface area contributed by atoms with Gasteiger partial charge in [0.15, 0.2) is 5.78 Å². The fraction of sp³-hybridized carbons (Fsp3) is 0.222. The number of carbonyl (C=O) groups excluding carboxylic acids is 2. The molecule has 2 aromatic rings. The van der Waals surface area contributed by atoms with Gasteiger partial charge in [0.25, 0.3) is 5.69 Å². The Morgan fingerprint density at radius 2 is 1.93 bits per heavy atom. The molecule has 0 aliphatic rings. The van der Waals surface area contributed by atoms with Gasteiger partial charge in [0.1, 0.15) is 0 Å². The normalized spacial score (nSPS) is 11.7. The third kappa shape index (κ3) is 5.58. The van der Waals surface area contributed by atoms with E-state index in [-0.39, 0.29) is 40.6 Å². The van der Waals surface area contributed by atoms with Gasteiger partial charge in [0, 0.05) is 24.2 Å². The highest BCUT2D eigenvalue weighted by atomic mass is 35.5. The van der Waals surface area contributed by atoms with E-state index in [4.69, 9.17) is 11.6 Å². The van der Waals surface area contributed by atoms with Crippen LogP contribution in [0.5, 0.6) is 0 Å². The first-order chi connectivity index (χ1) is 12.8. The summed E-state index contributed by atoms with van der Waals surface area (Å²) in [6.07, 6.45) is -0.616. The number of nitro groups is 1. The van der Waals surface area contributed by atoms with Crippen molar-refractivity contribution in [3.8, 4) is 0 Å². The summed E-state index contributed by atoms with van der Waals surface area (Å²) in [5.74, 6) is -1.01. The summed E-state index contributed by atoms with van der Waals surface area (Å²) in [5, 5.41) is 25.8. The minimum atomic E-state index is -0.626. The van der Waals surface area contributed by atoms with Crippen molar-refractivity contribution in [2.45, 2.75) is 13.0 Å². The zero-order valence-corrected chi connectivity index (χ0v) is 15.2. The van der Waals surface area contributed by atoms with E-state index in [0.29, 0.717) is 0 Å². The van der Waals surface area contributed by atoms with Crippen LogP contribution in [-0.4, -0.2) is 40.9 Å². The van der Waals surface area contributed by atoms with E-state index in [2.05, 4.69) is 10.6 Å². The number of nitrogens with one attached hydrogen (secondary N) is 2. The molecular formula is C18H18ClN3O5. The third-order valence-corrected chi connectivity index (χ3v) is 3.91. The number of amides is 1. The molecule has 0 aliphatic carbocycles. The smallest absolute Gasteiger partial charge is 0.270 e. The summed E-state index contributed by atoms with van der Waals surface area (Å²) >= 11 is 6.05. The number of aliphatic hydroxyl groups excluding tert-OH is 1. The van der Waals surface area contributed by atoms with Crippen LogP contribution in [0.4, 0.5) is 11.4 Å². The second kappa shape index (κ2) is 9.22. The first-order valence-corrected chi connectivity index (χ1v) is 8.43. The topological polar surface area (TPSA) is 122 Å². The number of benzene rings is 2. The maximum atomic E-state index is 12.8. The number of rotatable bonds is 8. The summed E-state index contributed by atoms with van der Waals surface area (Å²) in [7, 11) is 0. The molecule has 0 bridgehead atoms. The van der Waals surface area contributed by atoms with Crippen LogP contribution in [0.2, 0.25) is 5.02 Å². The minimum absolute atomic E-state index is 0.0406. The monoisotopic (exact) mass is 391 g/mol. The van der Waals surface area contributed by atoms with Gasteiger partial charge in [-0.25, -0.2) is 0 Å². The molecule has 2 aromatic carbocycles. The van der Waals surface area contributed by atoms with Crippen LogP contribution in [-0.2, 0) is 4.79 Å². The Morgan fingerprint density at radius 3 is 2.56 bits per heavy atom. The van der Waals surface area contributed by atoms with Gasteiger partial charge in [-0.2, -0.15) is 0 Å². The fourth-order valence-electron chi connectivity index (χ4n) is 2.32. The van der Waals surface area contributed by atoms with Crippen molar-refractivity contribution in [2.24, 2.45) is 0 Å². The molecule has 1 atom stereocenters. The Morgan fingerprint density at radius 1 is 1.22 bits per heavy atom. The number of aliphatic hydroxyl groups is 1. The largest absolute Gasteiger partial charge is 0.392 e. The van der Waals surface area contributed by atoms with Crippen LogP contribution in [0.1, 0.15) is 22.8 Å². The van der Waals surface area contributed by atoms with Crippen LogP contribution in [0, 0.1) is 10.1 Å². The number of ketones is 1. The van der Waals surface area contributed by atoms with Gasteiger partial charge >= 0.3 is 0 Å². The Balaban J connectivity index is 2.32. The second-order valence-electron chi connectivity index (χ2n) is 5.82. The quantitative estimate of drug-likeness (QED) is 0.361. The fourth-order valence-corrected chi connectivity index (χ4v) is 2.54. The Bertz CT molecular complexity index is 870. The molecule has 8 nitrogen and oxygen atoms in total. The Hall–Kier alpha value is -2.81. The van der Waals surface area contributed by atoms with Crippen LogP contribution in [0.3, 0.4) is 0 Å².